The highest BCUT2D eigenvalue weighted by Crippen LogP contribution is 2.42. The molecule has 0 aliphatic heterocycles. The second kappa shape index (κ2) is 7.72. The molecule has 19 heavy (non-hydrogen) atoms. The molecule has 0 fully saturated rings. The maximum absolute atomic E-state index is 5.94. The molecular weight excluding hydrogens is 264 g/mol. The highest BCUT2D eigenvalue weighted by atomic mass is 32.1. The first-order chi connectivity index (χ1) is 8.99. The fourth-order valence-corrected chi connectivity index (χ4v) is 2.78. The van der Waals surface area contributed by atoms with Gasteiger partial charge >= 0.3 is 0 Å². The Labute approximate surface area is 119 Å². The van der Waals surface area contributed by atoms with Gasteiger partial charge in [-0.05, 0) is 27.7 Å². The van der Waals surface area contributed by atoms with Crippen LogP contribution >= 0.6 is 11.3 Å². The lowest BCUT2D eigenvalue weighted by Gasteiger charge is -2.18. The molecule has 0 saturated heterocycles. The third kappa shape index (κ3) is 4.67. The number of methoxy groups -OCH3 is 2. The van der Waals surface area contributed by atoms with E-state index in [1.165, 1.54) is 0 Å². The molecule has 0 bridgehead atoms. The monoisotopic (exact) mass is 288 g/mol. The van der Waals surface area contributed by atoms with Gasteiger partial charge in [-0.1, -0.05) is 0 Å². The van der Waals surface area contributed by atoms with Crippen molar-refractivity contribution in [3.8, 4) is 11.5 Å². The normalized spacial score (nSPS) is 14.2. The highest BCUT2D eigenvalue weighted by molar-refractivity contribution is 7.12. The second-order valence-corrected chi connectivity index (χ2v) is 6.07. The zero-order chi connectivity index (χ0) is 14.4. The standard InChI is InChI=1S/C14H24O4S/c1-9(7-15-5)17-13-11(3)19-12(4)14(13)18-10(2)8-16-6/h9-10H,7-8H2,1-6H3. The van der Waals surface area contributed by atoms with Gasteiger partial charge in [0.15, 0.2) is 11.5 Å². The molecule has 5 heteroatoms. The quantitative estimate of drug-likeness (QED) is 0.736. The molecule has 4 nitrogen and oxygen atoms in total. The summed E-state index contributed by atoms with van der Waals surface area (Å²) in [5.74, 6) is 1.66. The lowest BCUT2D eigenvalue weighted by Crippen LogP contribution is -2.21. The van der Waals surface area contributed by atoms with E-state index in [1.54, 1.807) is 25.6 Å². The Morgan fingerprint density at radius 3 is 1.53 bits per heavy atom. The van der Waals surface area contributed by atoms with E-state index in [4.69, 9.17) is 18.9 Å². The summed E-state index contributed by atoms with van der Waals surface area (Å²) in [6, 6.07) is 0. The van der Waals surface area contributed by atoms with Gasteiger partial charge in [0.25, 0.3) is 0 Å². The van der Waals surface area contributed by atoms with Crippen LogP contribution in [-0.2, 0) is 9.47 Å². The molecule has 1 aromatic heterocycles. The summed E-state index contributed by atoms with van der Waals surface area (Å²) in [5.41, 5.74) is 0. The Morgan fingerprint density at radius 2 is 1.21 bits per heavy atom. The Hall–Kier alpha value is -0.780. The Bertz CT molecular complexity index is 355. The van der Waals surface area contributed by atoms with Crippen LogP contribution in [0.5, 0.6) is 11.5 Å². The van der Waals surface area contributed by atoms with E-state index in [2.05, 4.69) is 0 Å². The summed E-state index contributed by atoms with van der Waals surface area (Å²) < 4.78 is 22.1. The zero-order valence-electron chi connectivity index (χ0n) is 12.6. The number of hydrogen-bond acceptors (Lipinski definition) is 5. The van der Waals surface area contributed by atoms with Crippen LogP contribution in [0.25, 0.3) is 0 Å². The summed E-state index contributed by atoms with van der Waals surface area (Å²) >= 11 is 1.68. The summed E-state index contributed by atoms with van der Waals surface area (Å²) in [5, 5.41) is 0. The predicted molar refractivity (Wildman–Crippen MR) is 77.7 cm³/mol. The minimum absolute atomic E-state index is 0.00205. The van der Waals surface area contributed by atoms with E-state index in [0.29, 0.717) is 13.2 Å². The molecule has 2 unspecified atom stereocenters. The zero-order valence-corrected chi connectivity index (χ0v) is 13.4. The van der Waals surface area contributed by atoms with Crippen LogP contribution in [-0.4, -0.2) is 39.6 Å². The molecule has 0 radical (unpaired) electrons. The molecule has 2 atom stereocenters. The smallest absolute Gasteiger partial charge is 0.175 e. The number of hydrogen-bond donors (Lipinski definition) is 0. The molecule has 0 spiro atoms. The number of rotatable bonds is 8. The van der Waals surface area contributed by atoms with Crippen molar-refractivity contribution in [3.05, 3.63) is 9.75 Å². The van der Waals surface area contributed by atoms with Crippen molar-refractivity contribution in [2.75, 3.05) is 27.4 Å². The van der Waals surface area contributed by atoms with E-state index >= 15 is 0 Å². The number of aryl methyl sites for hydroxylation is 2. The van der Waals surface area contributed by atoms with Crippen molar-refractivity contribution in [1.82, 2.24) is 0 Å². The van der Waals surface area contributed by atoms with Gasteiger partial charge in [-0.2, -0.15) is 0 Å². The summed E-state index contributed by atoms with van der Waals surface area (Å²) in [6.45, 7) is 9.17. The third-order valence-electron chi connectivity index (χ3n) is 2.59. The van der Waals surface area contributed by atoms with E-state index < -0.39 is 0 Å². The molecular formula is C14H24O4S. The van der Waals surface area contributed by atoms with Gasteiger partial charge in [0.2, 0.25) is 0 Å². The minimum Gasteiger partial charge on any atom is -0.483 e. The van der Waals surface area contributed by atoms with Crippen molar-refractivity contribution in [2.24, 2.45) is 0 Å². The molecule has 0 aliphatic rings. The lowest BCUT2D eigenvalue weighted by atomic mass is 10.3. The summed E-state index contributed by atoms with van der Waals surface area (Å²) in [7, 11) is 3.34. The van der Waals surface area contributed by atoms with Gasteiger partial charge in [-0.25, -0.2) is 0 Å². The Kier molecular flexibility index (Phi) is 6.62. The molecule has 0 N–H and O–H groups in total. The SMILES string of the molecule is COCC(C)Oc1c(C)sc(C)c1OC(C)COC. The van der Waals surface area contributed by atoms with Gasteiger partial charge in [0, 0.05) is 24.0 Å². The van der Waals surface area contributed by atoms with Crippen LogP contribution in [0.1, 0.15) is 23.6 Å². The maximum Gasteiger partial charge on any atom is 0.175 e. The molecule has 0 saturated carbocycles. The van der Waals surface area contributed by atoms with Crippen LogP contribution in [0.3, 0.4) is 0 Å². The fourth-order valence-electron chi connectivity index (χ4n) is 1.85. The minimum atomic E-state index is -0.00205. The maximum atomic E-state index is 5.94. The average Bonchev–Trinajstić information content (AvgIpc) is 2.57. The number of thiophene rings is 1. The lowest BCUT2D eigenvalue weighted by molar-refractivity contribution is 0.0747. The van der Waals surface area contributed by atoms with Gasteiger partial charge in [0.1, 0.15) is 12.2 Å². The Balaban J connectivity index is 2.84. The molecule has 1 aromatic rings. The van der Waals surface area contributed by atoms with E-state index in [9.17, 15) is 0 Å². The van der Waals surface area contributed by atoms with Gasteiger partial charge in [-0.3, -0.25) is 0 Å². The first kappa shape index (κ1) is 16.3. The van der Waals surface area contributed by atoms with Crippen LogP contribution in [0.15, 0.2) is 0 Å². The van der Waals surface area contributed by atoms with Gasteiger partial charge in [0.05, 0.1) is 13.2 Å². The van der Waals surface area contributed by atoms with Crippen molar-refractivity contribution in [2.45, 2.75) is 39.9 Å². The highest BCUT2D eigenvalue weighted by Gasteiger charge is 2.20. The van der Waals surface area contributed by atoms with Crippen LogP contribution in [0, 0.1) is 13.8 Å². The van der Waals surface area contributed by atoms with Gasteiger partial charge in [-0.15, -0.1) is 11.3 Å². The second-order valence-electron chi connectivity index (χ2n) is 4.64. The first-order valence-corrected chi connectivity index (χ1v) is 7.22. The van der Waals surface area contributed by atoms with Crippen LogP contribution in [0.4, 0.5) is 0 Å². The van der Waals surface area contributed by atoms with Crippen molar-refractivity contribution >= 4 is 11.3 Å². The van der Waals surface area contributed by atoms with E-state index in [0.717, 1.165) is 21.3 Å². The third-order valence-corrected chi connectivity index (χ3v) is 3.58. The molecule has 0 aromatic carbocycles. The number of ether oxygens (including phenoxy) is 4. The summed E-state index contributed by atoms with van der Waals surface area (Å²) in [6.07, 6.45) is -0.00411. The topological polar surface area (TPSA) is 36.9 Å². The molecule has 1 heterocycles. The average molecular weight is 288 g/mol. The molecule has 0 aliphatic carbocycles. The van der Waals surface area contributed by atoms with Crippen molar-refractivity contribution < 1.29 is 18.9 Å². The molecule has 1 rings (SSSR count). The largest absolute Gasteiger partial charge is 0.483 e. The predicted octanol–water partition coefficient (Wildman–Crippen LogP) is 3.19. The van der Waals surface area contributed by atoms with Crippen molar-refractivity contribution in [3.63, 3.8) is 0 Å². The van der Waals surface area contributed by atoms with E-state index in [1.807, 2.05) is 27.7 Å². The molecule has 110 valence electrons. The van der Waals surface area contributed by atoms with Crippen LogP contribution in [0.2, 0.25) is 0 Å². The molecule has 0 amide bonds. The fraction of sp³-hybridized carbons (Fsp3) is 0.714. The summed E-state index contributed by atoms with van der Waals surface area (Å²) in [4.78, 5) is 2.25. The van der Waals surface area contributed by atoms with Gasteiger partial charge < -0.3 is 18.9 Å². The van der Waals surface area contributed by atoms with Crippen LogP contribution < -0.4 is 9.47 Å². The van der Waals surface area contributed by atoms with Crippen molar-refractivity contribution in [1.29, 1.82) is 0 Å². The Morgan fingerprint density at radius 1 is 0.842 bits per heavy atom. The first-order valence-electron chi connectivity index (χ1n) is 6.40. The van der Waals surface area contributed by atoms with E-state index in [-0.39, 0.29) is 12.2 Å².